The summed E-state index contributed by atoms with van der Waals surface area (Å²) in [5.41, 5.74) is 1.21. The number of aryl methyl sites for hydroxylation is 1. The molecule has 0 atom stereocenters. The van der Waals surface area contributed by atoms with Crippen LogP contribution in [0.3, 0.4) is 0 Å². The molecule has 100 valence electrons. The molecule has 2 aromatic rings. The van der Waals surface area contributed by atoms with Crippen molar-refractivity contribution in [2.75, 3.05) is 0 Å². The van der Waals surface area contributed by atoms with Gasteiger partial charge in [0.05, 0.1) is 6.54 Å². The van der Waals surface area contributed by atoms with Crippen LogP contribution >= 0.6 is 0 Å². The highest BCUT2D eigenvalue weighted by molar-refractivity contribution is 5.16. The number of aromatic amines is 1. The Balaban J connectivity index is 2.37. The van der Waals surface area contributed by atoms with E-state index in [0.29, 0.717) is 6.54 Å². The van der Waals surface area contributed by atoms with Crippen LogP contribution < -0.4 is 11.2 Å². The van der Waals surface area contributed by atoms with E-state index >= 15 is 0 Å². The van der Waals surface area contributed by atoms with Gasteiger partial charge in [-0.25, -0.2) is 4.79 Å². The molecule has 4 nitrogen and oxygen atoms in total. The molecule has 0 fully saturated rings. The molecular formula is C15H18N2O2. The summed E-state index contributed by atoms with van der Waals surface area (Å²) in [6.45, 7) is 2.59. The third-order valence-electron chi connectivity index (χ3n) is 3.09. The SMILES string of the molecule is CCCCc1cc(=O)[nH]c(=O)n1Cc1ccccc1. The molecule has 0 aliphatic rings. The topological polar surface area (TPSA) is 54.9 Å². The zero-order valence-corrected chi connectivity index (χ0v) is 11.1. The van der Waals surface area contributed by atoms with Gasteiger partial charge in [0.1, 0.15) is 0 Å². The van der Waals surface area contributed by atoms with Crippen molar-refractivity contribution >= 4 is 0 Å². The summed E-state index contributed by atoms with van der Waals surface area (Å²) >= 11 is 0. The molecule has 0 aliphatic heterocycles. The van der Waals surface area contributed by atoms with Gasteiger partial charge in [-0.2, -0.15) is 0 Å². The Morgan fingerprint density at radius 3 is 2.58 bits per heavy atom. The van der Waals surface area contributed by atoms with Crippen molar-refractivity contribution in [1.82, 2.24) is 9.55 Å². The Morgan fingerprint density at radius 2 is 1.89 bits per heavy atom. The quantitative estimate of drug-likeness (QED) is 0.891. The van der Waals surface area contributed by atoms with Gasteiger partial charge >= 0.3 is 5.69 Å². The van der Waals surface area contributed by atoms with Crippen LogP contribution in [-0.2, 0) is 13.0 Å². The average molecular weight is 258 g/mol. The average Bonchev–Trinajstić information content (AvgIpc) is 2.41. The summed E-state index contributed by atoms with van der Waals surface area (Å²) in [6.07, 6.45) is 2.76. The van der Waals surface area contributed by atoms with Crippen LogP contribution in [0.4, 0.5) is 0 Å². The predicted octanol–water partition coefficient (Wildman–Crippen LogP) is 1.93. The molecule has 0 aliphatic carbocycles. The van der Waals surface area contributed by atoms with Crippen LogP contribution in [0, 0.1) is 0 Å². The molecule has 1 heterocycles. The van der Waals surface area contributed by atoms with Crippen molar-refractivity contribution in [3.8, 4) is 0 Å². The molecule has 2 rings (SSSR count). The Labute approximate surface area is 111 Å². The number of H-pyrrole nitrogens is 1. The summed E-state index contributed by atoms with van der Waals surface area (Å²) in [5.74, 6) is 0. The fraction of sp³-hybridized carbons (Fsp3) is 0.333. The Morgan fingerprint density at radius 1 is 1.16 bits per heavy atom. The van der Waals surface area contributed by atoms with E-state index < -0.39 is 0 Å². The van der Waals surface area contributed by atoms with Crippen LogP contribution in [0.5, 0.6) is 0 Å². The van der Waals surface area contributed by atoms with E-state index in [1.54, 1.807) is 4.57 Å². The van der Waals surface area contributed by atoms with Gasteiger partial charge in [0.15, 0.2) is 0 Å². The first-order valence-electron chi connectivity index (χ1n) is 6.57. The highest BCUT2D eigenvalue weighted by atomic mass is 16.2. The van der Waals surface area contributed by atoms with Gasteiger partial charge in [-0.1, -0.05) is 43.7 Å². The van der Waals surface area contributed by atoms with Gasteiger partial charge in [0, 0.05) is 11.8 Å². The van der Waals surface area contributed by atoms with Gasteiger partial charge in [-0.05, 0) is 18.4 Å². The lowest BCUT2D eigenvalue weighted by Gasteiger charge is -2.11. The largest absolute Gasteiger partial charge is 0.328 e. The molecule has 0 amide bonds. The van der Waals surface area contributed by atoms with Gasteiger partial charge in [0.2, 0.25) is 0 Å². The maximum Gasteiger partial charge on any atom is 0.328 e. The number of nitrogens with one attached hydrogen (secondary N) is 1. The molecule has 1 aromatic carbocycles. The third kappa shape index (κ3) is 3.44. The minimum absolute atomic E-state index is 0.319. The summed E-state index contributed by atoms with van der Waals surface area (Å²) in [7, 11) is 0. The molecule has 0 unspecified atom stereocenters. The van der Waals surface area contributed by atoms with Gasteiger partial charge in [0.25, 0.3) is 5.56 Å². The van der Waals surface area contributed by atoms with E-state index in [0.717, 1.165) is 30.5 Å². The first-order chi connectivity index (χ1) is 9.20. The summed E-state index contributed by atoms with van der Waals surface area (Å²) in [6, 6.07) is 11.3. The number of aromatic nitrogens is 2. The molecule has 19 heavy (non-hydrogen) atoms. The number of nitrogens with zero attached hydrogens (tertiary/aromatic N) is 1. The standard InChI is InChI=1S/C15H18N2O2/c1-2-3-9-13-10-14(18)16-15(19)17(13)11-12-7-5-4-6-8-12/h4-8,10H,2-3,9,11H2,1H3,(H,16,18,19). The van der Waals surface area contributed by atoms with Crippen molar-refractivity contribution < 1.29 is 0 Å². The number of benzene rings is 1. The smallest absolute Gasteiger partial charge is 0.293 e. The van der Waals surface area contributed by atoms with E-state index in [1.807, 2.05) is 30.3 Å². The van der Waals surface area contributed by atoms with E-state index in [-0.39, 0.29) is 11.2 Å². The molecular weight excluding hydrogens is 240 g/mol. The number of hydrogen-bond acceptors (Lipinski definition) is 2. The van der Waals surface area contributed by atoms with E-state index in [1.165, 1.54) is 6.07 Å². The first kappa shape index (κ1) is 13.3. The second kappa shape index (κ2) is 6.18. The van der Waals surface area contributed by atoms with Gasteiger partial charge in [-0.15, -0.1) is 0 Å². The van der Waals surface area contributed by atoms with Crippen LogP contribution in [0.1, 0.15) is 31.0 Å². The maximum absolute atomic E-state index is 11.9. The molecule has 1 aromatic heterocycles. The number of hydrogen-bond donors (Lipinski definition) is 1. The number of rotatable bonds is 5. The first-order valence-corrected chi connectivity index (χ1v) is 6.57. The summed E-state index contributed by atoms with van der Waals surface area (Å²) < 4.78 is 1.65. The Hall–Kier alpha value is -2.10. The van der Waals surface area contributed by atoms with Crippen LogP contribution in [-0.4, -0.2) is 9.55 Å². The highest BCUT2D eigenvalue weighted by Crippen LogP contribution is 2.05. The van der Waals surface area contributed by atoms with Crippen molar-refractivity contribution in [1.29, 1.82) is 0 Å². The monoisotopic (exact) mass is 258 g/mol. The molecule has 4 heteroatoms. The van der Waals surface area contributed by atoms with Crippen molar-refractivity contribution in [3.05, 3.63) is 68.5 Å². The highest BCUT2D eigenvalue weighted by Gasteiger charge is 2.06. The zero-order valence-electron chi connectivity index (χ0n) is 11.1. The second-order valence-corrected chi connectivity index (χ2v) is 4.61. The van der Waals surface area contributed by atoms with Crippen LogP contribution in [0.2, 0.25) is 0 Å². The minimum Gasteiger partial charge on any atom is -0.293 e. The second-order valence-electron chi connectivity index (χ2n) is 4.61. The molecule has 0 radical (unpaired) electrons. The van der Waals surface area contributed by atoms with E-state index in [2.05, 4.69) is 11.9 Å². The van der Waals surface area contributed by atoms with Crippen molar-refractivity contribution in [2.24, 2.45) is 0 Å². The molecule has 0 spiro atoms. The summed E-state index contributed by atoms with van der Waals surface area (Å²) in [4.78, 5) is 25.7. The lowest BCUT2D eigenvalue weighted by atomic mass is 10.1. The fourth-order valence-electron chi connectivity index (χ4n) is 2.07. The van der Waals surface area contributed by atoms with E-state index in [9.17, 15) is 9.59 Å². The molecule has 0 bridgehead atoms. The molecule has 0 saturated carbocycles. The Bertz CT molecular complexity index is 641. The third-order valence-corrected chi connectivity index (χ3v) is 3.09. The number of unbranched alkanes of at least 4 members (excludes halogenated alkanes) is 1. The van der Waals surface area contributed by atoms with Crippen molar-refractivity contribution in [3.63, 3.8) is 0 Å². The fourth-order valence-corrected chi connectivity index (χ4v) is 2.07. The normalized spacial score (nSPS) is 10.6. The lowest BCUT2D eigenvalue weighted by Crippen LogP contribution is -2.32. The van der Waals surface area contributed by atoms with Crippen molar-refractivity contribution in [2.45, 2.75) is 32.7 Å². The van der Waals surface area contributed by atoms with Crippen LogP contribution in [0.25, 0.3) is 0 Å². The maximum atomic E-state index is 11.9. The van der Waals surface area contributed by atoms with Crippen LogP contribution in [0.15, 0.2) is 46.0 Å². The van der Waals surface area contributed by atoms with Gasteiger partial charge < -0.3 is 0 Å². The summed E-state index contributed by atoms with van der Waals surface area (Å²) in [5, 5.41) is 0. The minimum atomic E-state index is -0.331. The lowest BCUT2D eigenvalue weighted by molar-refractivity contribution is 0.643. The van der Waals surface area contributed by atoms with Gasteiger partial charge in [-0.3, -0.25) is 14.3 Å². The zero-order chi connectivity index (χ0) is 13.7. The molecule has 0 saturated heterocycles. The van der Waals surface area contributed by atoms with E-state index in [4.69, 9.17) is 0 Å². The Kier molecular flexibility index (Phi) is 4.34. The predicted molar refractivity (Wildman–Crippen MR) is 75.5 cm³/mol. The molecule has 1 N–H and O–H groups in total.